The molecule has 0 radical (unpaired) electrons. The van der Waals surface area contributed by atoms with Crippen LogP contribution in [0.15, 0.2) is 0 Å². The van der Waals surface area contributed by atoms with Crippen molar-refractivity contribution in [3.05, 3.63) is 0 Å². The maximum atomic E-state index is 9.19. The SMILES string of the molecule is CCC(CCCN(O)OC)C[C@H](CC)CN(C)C. The number of nitrogens with zero attached hydrogens (tertiary/aromatic N) is 2. The molecule has 110 valence electrons. The third kappa shape index (κ3) is 8.86. The second-order valence-electron chi connectivity index (χ2n) is 5.45. The summed E-state index contributed by atoms with van der Waals surface area (Å²) in [6.45, 7) is 6.32. The van der Waals surface area contributed by atoms with Gasteiger partial charge in [-0.25, -0.2) is 0 Å². The molecular weight excluding hydrogens is 228 g/mol. The molecule has 0 saturated carbocycles. The van der Waals surface area contributed by atoms with E-state index in [1.54, 1.807) is 0 Å². The highest BCUT2D eigenvalue weighted by atomic mass is 16.9. The Kier molecular flexibility index (Phi) is 10.6. The quantitative estimate of drug-likeness (QED) is 0.579. The Morgan fingerprint density at radius 2 is 1.72 bits per heavy atom. The lowest BCUT2D eigenvalue weighted by Gasteiger charge is -2.24. The van der Waals surface area contributed by atoms with Gasteiger partial charge in [-0.05, 0) is 45.2 Å². The lowest BCUT2D eigenvalue weighted by molar-refractivity contribution is -0.325. The van der Waals surface area contributed by atoms with Crippen LogP contribution in [0, 0.1) is 11.8 Å². The zero-order valence-corrected chi connectivity index (χ0v) is 12.9. The van der Waals surface area contributed by atoms with Gasteiger partial charge in [-0.2, -0.15) is 0 Å². The average Bonchev–Trinajstić information content (AvgIpc) is 2.35. The van der Waals surface area contributed by atoms with Crippen molar-refractivity contribution >= 4 is 0 Å². The van der Waals surface area contributed by atoms with E-state index in [4.69, 9.17) is 4.84 Å². The second kappa shape index (κ2) is 10.7. The monoisotopic (exact) mass is 260 g/mol. The summed E-state index contributed by atoms with van der Waals surface area (Å²) in [5.41, 5.74) is 0. The predicted octanol–water partition coefficient (Wildman–Crippen LogP) is 3.02. The Balaban J connectivity index is 3.92. The van der Waals surface area contributed by atoms with Crippen LogP contribution in [0.4, 0.5) is 0 Å². The summed E-state index contributed by atoms with van der Waals surface area (Å²) in [6.07, 6.45) is 5.92. The van der Waals surface area contributed by atoms with Crippen molar-refractivity contribution in [2.45, 2.75) is 46.0 Å². The van der Waals surface area contributed by atoms with E-state index < -0.39 is 0 Å². The molecule has 18 heavy (non-hydrogen) atoms. The minimum absolute atomic E-state index is 0.595. The van der Waals surface area contributed by atoms with Crippen LogP contribution in [-0.4, -0.2) is 49.6 Å². The fourth-order valence-corrected chi connectivity index (χ4v) is 2.45. The van der Waals surface area contributed by atoms with Crippen molar-refractivity contribution in [2.75, 3.05) is 34.3 Å². The molecule has 2 atom stereocenters. The molecule has 0 amide bonds. The molecule has 0 aromatic rings. The van der Waals surface area contributed by atoms with Gasteiger partial charge in [0.25, 0.3) is 0 Å². The average molecular weight is 260 g/mol. The highest BCUT2D eigenvalue weighted by molar-refractivity contribution is 4.67. The number of hydroxylamine groups is 2. The van der Waals surface area contributed by atoms with E-state index in [9.17, 15) is 5.21 Å². The molecule has 0 rings (SSSR count). The van der Waals surface area contributed by atoms with Gasteiger partial charge in [-0.3, -0.25) is 10.0 Å². The smallest absolute Gasteiger partial charge is 0.0601 e. The van der Waals surface area contributed by atoms with Crippen molar-refractivity contribution in [3.8, 4) is 0 Å². The molecular formula is C14H32N2O2. The van der Waals surface area contributed by atoms with Crippen LogP contribution in [0.1, 0.15) is 46.0 Å². The Labute approximate surface area is 113 Å². The predicted molar refractivity (Wildman–Crippen MR) is 75.5 cm³/mol. The molecule has 0 fully saturated rings. The third-order valence-corrected chi connectivity index (χ3v) is 3.62. The van der Waals surface area contributed by atoms with Crippen molar-refractivity contribution in [2.24, 2.45) is 11.8 Å². The summed E-state index contributed by atoms with van der Waals surface area (Å²) in [4.78, 5) is 6.98. The molecule has 0 heterocycles. The minimum Gasteiger partial charge on any atom is -0.309 e. The first-order valence-corrected chi connectivity index (χ1v) is 7.18. The first-order valence-electron chi connectivity index (χ1n) is 7.18. The van der Waals surface area contributed by atoms with Crippen molar-refractivity contribution in [1.82, 2.24) is 10.1 Å². The van der Waals surface area contributed by atoms with Crippen molar-refractivity contribution in [3.63, 3.8) is 0 Å². The number of hydrogen-bond acceptors (Lipinski definition) is 4. The van der Waals surface area contributed by atoms with E-state index in [2.05, 4.69) is 32.8 Å². The third-order valence-electron chi connectivity index (χ3n) is 3.62. The topological polar surface area (TPSA) is 35.9 Å². The normalized spacial score (nSPS) is 15.3. The van der Waals surface area contributed by atoms with Gasteiger partial charge in [0.1, 0.15) is 0 Å². The number of hydrogen-bond donors (Lipinski definition) is 1. The standard InChI is InChI=1S/C14H32N2O2/c1-6-13(9-8-10-16(17)18-5)11-14(7-2)12-15(3)4/h13-14,17H,6-12H2,1-5H3/t13?,14-/m0/s1. The van der Waals surface area contributed by atoms with E-state index >= 15 is 0 Å². The fraction of sp³-hybridized carbons (Fsp3) is 1.00. The first-order chi connectivity index (χ1) is 8.53. The van der Waals surface area contributed by atoms with E-state index in [-0.39, 0.29) is 0 Å². The molecule has 0 aliphatic heterocycles. The highest BCUT2D eigenvalue weighted by Gasteiger charge is 2.15. The lowest BCUT2D eigenvalue weighted by atomic mass is 9.87. The molecule has 0 saturated heterocycles. The minimum atomic E-state index is 0.595. The van der Waals surface area contributed by atoms with E-state index in [1.165, 1.54) is 39.3 Å². The van der Waals surface area contributed by atoms with Crippen LogP contribution in [0.25, 0.3) is 0 Å². The summed E-state index contributed by atoms with van der Waals surface area (Å²) in [5.74, 6) is 1.55. The van der Waals surface area contributed by atoms with Crippen LogP contribution in [-0.2, 0) is 4.84 Å². The van der Waals surface area contributed by atoms with Crippen LogP contribution in [0.5, 0.6) is 0 Å². The Bertz CT molecular complexity index is 189. The molecule has 4 nitrogen and oxygen atoms in total. The molecule has 0 aliphatic rings. The molecule has 0 aromatic carbocycles. The Morgan fingerprint density at radius 3 is 2.17 bits per heavy atom. The molecule has 4 heteroatoms. The zero-order chi connectivity index (χ0) is 14.0. The number of rotatable bonds is 11. The van der Waals surface area contributed by atoms with Gasteiger partial charge >= 0.3 is 0 Å². The Hall–Kier alpha value is -0.160. The first kappa shape index (κ1) is 17.8. The van der Waals surface area contributed by atoms with Gasteiger partial charge in [0.05, 0.1) is 13.7 Å². The van der Waals surface area contributed by atoms with E-state index in [0.29, 0.717) is 6.54 Å². The van der Waals surface area contributed by atoms with Gasteiger partial charge < -0.3 is 4.90 Å². The summed E-state index contributed by atoms with van der Waals surface area (Å²) in [5, 5.41) is 10.1. The molecule has 1 unspecified atom stereocenters. The maximum absolute atomic E-state index is 9.19. The lowest BCUT2D eigenvalue weighted by Crippen LogP contribution is -2.24. The molecule has 1 N–H and O–H groups in total. The van der Waals surface area contributed by atoms with Crippen molar-refractivity contribution in [1.29, 1.82) is 0 Å². The van der Waals surface area contributed by atoms with Gasteiger partial charge in [-0.15, -0.1) is 0 Å². The Morgan fingerprint density at radius 1 is 1.11 bits per heavy atom. The highest BCUT2D eigenvalue weighted by Crippen LogP contribution is 2.23. The van der Waals surface area contributed by atoms with Crippen LogP contribution in [0.2, 0.25) is 0 Å². The molecule has 0 bridgehead atoms. The van der Waals surface area contributed by atoms with Crippen molar-refractivity contribution < 1.29 is 10.0 Å². The van der Waals surface area contributed by atoms with Gasteiger partial charge in [-0.1, -0.05) is 31.9 Å². The summed E-state index contributed by atoms with van der Waals surface area (Å²) >= 11 is 0. The summed E-state index contributed by atoms with van der Waals surface area (Å²) in [7, 11) is 5.78. The zero-order valence-electron chi connectivity index (χ0n) is 12.9. The van der Waals surface area contributed by atoms with E-state index in [1.807, 2.05) is 0 Å². The summed E-state index contributed by atoms with van der Waals surface area (Å²) < 4.78 is 0. The fourth-order valence-electron chi connectivity index (χ4n) is 2.45. The van der Waals surface area contributed by atoms with Crippen LogP contribution < -0.4 is 0 Å². The molecule has 0 aromatic heterocycles. The van der Waals surface area contributed by atoms with Gasteiger partial charge in [0.2, 0.25) is 0 Å². The van der Waals surface area contributed by atoms with Crippen LogP contribution in [0.3, 0.4) is 0 Å². The van der Waals surface area contributed by atoms with Gasteiger partial charge in [0.15, 0.2) is 0 Å². The van der Waals surface area contributed by atoms with Crippen LogP contribution >= 0.6 is 0 Å². The molecule has 0 aliphatic carbocycles. The molecule has 0 spiro atoms. The van der Waals surface area contributed by atoms with E-state index in [0.717, 1.165) is 23.5 Å². The maximum Gasteiger partial charge on any atom is 0.0601 e. The largest absolute Gasteiger partial charge is 0.309 e. The summed E-state index contributed by atoms with van der Waals surface area (Å²) in [6, 6.07) is 0. The van der Waals surface area contributed by atoms with Gasteiger partial charge in [0, 0.05) is 6.54 Å². The second-order valence-corrected chi connectivity index (χ2v) is 5.45.